The van der Waals surface area contributed by atoms with Gasteiger partial charge in [0.05, 0.1) is 17.1 Å². The summed E-state index contributed by atoms with van der Waals surface area (Å²) < 4.78 is 50.6. The molecule has 10 heteroatoms. The van der Waals surface area contributed by atoms with Crippen LogP contribution >= 0.6 is 11.6 Å². The van der Waals surface area contributed by atoms with Gasteiger partial charge in [0.1, 0.15) is 34.9 Å². The van der Waals surface area contributed by atoms with Gasteiger partial charge in [0, 0.05) is 23.1 Å². The van der Waals surface area contributed by atoms with Gasteiger partial charge < -0.3 is 15.2 Å². The highest BCUT2D eigenvalue weighted by Crippen LogP contribution is 2.37. The Morgan fingerprint density at radius 1 is 1.00 bits per heavy atom. The van der Waals surface area contributed by atoms with Crippen LogP contribution in [-0.4, -0.2) is 34.8 Å². The van der Waals surface area contributed by atoms with Crippen molar-refractivity contribution in [2.75, 3.05) is 13.2 Å². The normalized spacial score (nSPS) is 14.7. The summed E-state index contributed by atoms with van der Waals surface area (Å²) in [5.74, 6) is -2.86. The second kappa shape index (κ2) is 13.0. The highest BCUT2D eigenvalue weighted by molar-refractivity contribution is 6.33. The minimum absolute atomic E-state index is 0.0937. The molecule has 0 saturated heterocycles. The lowest BCUT2D eigenvalue weighted by Crippen LogP contribution is -2.44. The number of pyridine rings is 1. The van der Waals surface area contributed by atoms with E-state index < -0.39 is 40.7 Å². The number of nitrogens with zero attached hydrogens (tertiary/aromatic N) is 1. The Balaban J connectivity index is 1.48. The van der Waals surface area contributed by atoms with Gasteiger partial charge in [-0.2, -0.15) is 0 Å². The number of rotatable bonds is 10. The molecule has 5 rings (SSSR count). The molecule has 1 saturated carbocycles. The first kappa shape index (κ1) is 29.7. The van der Waals surface area contributed by atoms with Crippen molar-refractivity contribution in [2.45, 2.75) is 44.6 Å². The summed E-state index contributed by atoms with van der Waals surface area (Å²) in [5.41, 5.74) is -0.120. The third-order valence-corrected chi connectivity index (χ3v) is 8.02. The Bertz CT molecular complexity index is 1650. The fraction of sp³-hybridized carbons (Fsp3) is 0.312. The molecule has 6 nitrogen and oxygen atoms in total. The summed E-state index contributed by atoms with van der Waals surface area (Å²) in [6.07, 6.45) is 5.44. The van der Waals surface area contributed by atoms with E-state index in [1.54, 1.807) is 6.07 Å². The molecule has 0 spiro atoms. The van der Waals surface area contributed by atoms with Crippen LogP contribution in [0, 0.1) is 23.4 Å². The van der Waals surface area contributed by atoms with E-state index in [4.69, 9.17) is 16.3 Å². The first-order valence-electron chi connectivity index (χ1n) is 13.9. The number of aliphatic carboxylic acids is 1. The van der Waals surface area contributed by atoms with E-state index in [1.807, 2.05) is 0 Å². The Hall–Kier alpha value is -3.82. The van der Waals surface area contributed by atoms with E-state index in [0.717, 1.165) is 54.9 Å². The fourth-order valence-corrected chi connectivity index (χ4v) is 5.98. The van der Waals surface area contributed by atoms with E-state index in [0.29, 0.717) is 29.5 Å². The zero-order chi connectivity index (χ0) is 29.8. The molecule has 4 aromatic rings. The predicted molar refractivity (Wildman–Crippen MR) is 156 cm³/mol. The average molecular weight is 599 g/mol. The molecule has 1 aliphatic rings. The average Bonchev–Trinajstić information content (AvgIpc) is 2.96. The molecular weight excluding hydrogens is 569 g/mol. The number of halogens is 4. The molecule has 0 unspecified atom stereocenters. The molecule has 0 aliphatic heterocycles. The largest absolute Gasteiger partial charge is 0.493 e. The molecule has 1 fully saturated rings. The Kier molecular flexibility index (Phi) is 9.18. The molecule has 0 amide bonds. The van der Waals surface area contributed by atoms with Crippen LogP contribution in [0.15, 0.2) is 65.5 Å². The van der Waals surface area contributed by atoms with Crippen LogP contribution < -0.4 is 15.6 Å². The van der Waals surface area contributed by atoms with Crippen LogP contribution in [0.4, 0.5) is 13.2 Å². The van der Waals surface area contributed by atoms with Crippen molar-refractivity contribution in [3.05, 3.63) is 93.5 Å². The molecule has 1 aliphatic carbocycles. The lowest BCUT2D eigenvalue weighted by atomic mass is 9.84. The van der Waals surface area contributed by atoms with Gasteiger partial charge in [-0.1, -0.05) is 36.9 Å². The number of hydrogen-bond donors (Lipinski definition) is 2. The van der Waals surface area contributed by atoms with Crippen LogP contribution in [0.5, 0.6) is 5.75 Å². The van der Waals surface area contributed by atoms with Crippen LogP contribution in [0.1, 0.15) is 38.5 Å². The summed E-state index contributed by atoms with van der Waals surface area (Å²) in [5, 5.41) is 13.4. The lowest BCUT2D eigenvalue weighted by molar-refractivity contribution is -0.141. The van der Waals surface area contributed by atoms with Crippen molar-refractivity contribution in [1.29, 1.82) is 0 Å². The first-order chi connectivity index (χ1) is 20.2. The number of hydrogen-bond acceptors (Lipinski definition) is 4. The number of para-hydroxylation sites is 1. The topological polar surface area (TPSA) is 80.6 Å². The zero-order valence-corrected chi connectivity index (χ0v) is 23.5. The summed E-state index contributed by atoms with van der Waals surface area (Å²) in [6, 6.07) is 12.5. The molecule has 220 valence electrons. The number of fused-ring (bicyclic) bond motifs is 1. The van der Waals surface area contributed by atoms with Crippen molar-refractivity contribution in [1.82, 2.24) is 9.88 Å². The van der Waals surface area contributed by atoms with Crippen LogP contribution in [0.3, 0.4) is 0 Å². The number of ether oxygens (including phenoxy) is 1. The van der Waals surface area contributed by atoms with Gasteiger partial charge in [0.15, 0.2) is 0 Å². The Labute approximate surface area is 245 Å². The van der Waals surface area contributed by atoms with E-state index >= 15 is 0 Å². The highest BCUT2D eigenvalue weighted by Gasteiger charge is 2.28. The molecule has 3 aromatic carbocycles. The maximum atomic E-state index is 14.9. The van der Waals surface area contributed by atoms with Gasteiger partial charge in [0.25, 0.3) is 5.56 Å². The van der Waals surface area contributed by atoms with Gasteiger partial charge in [-0.25, -0.2) is 13.2 Å². The number of carbonyl (C=O) groups is 1. The molecule has 42 heavy (non-hydrogen) atoms. The van der Waals surface area contributed by atoms with Crippen molar-refractivity contribution >= 4 is 28.5 Å². The molecular formula is C32H30ClF3N2O4. The van der Waals surface area contributed by atoms with E-state index in [2.05, 4.69) is 5.32 Å². The lowest BCUT2D eigenvalue weighted by Gasteiger charge is -2.28. The molecule has 1 atom stereocenters. The standard InChI is InChI=1S/C32H30ClF3N2O4/c33-25-16-20(34)10-11-22(25)24-17-21(42-15-5-14-37-30(32(40)41)19-6-2-1-3-7-19)18-28-23(24)12-13-29(39)38(28)31-26(35)8-4-9-27(31)36/h4,8-13,16-19,30,37H,1-3,5-7,14-15H2,(H,40,41)/t30-/m0/s1. The van der Waals surface area contributed by atoms with E-state index in [-0.39, 0.29) is 28.8 Å². The summed E-state index contributed by atoms with van der Waals surface area (Å²) in [6.45, 7) is 0.597. The number of benzene rings is 3. The monoisotopic (exact) mass is 598 g/mol. The van der Waals surface area contributed by atoms with Gasteiger partial charge in [-0.3, -0.25) is 14.2 Å². The van der Waals surface area contributed by atoms with Crippen molar-refractivity contribution in [3.8, 4) is 22.6 Å². The van der Waals surface area contributed by atoms with Crippen molar-refractivity contribution in [2.24, 2.45) is 5.92 Å². The molecule has 1 heterocycles. The minimum atomic E-state index is -0.922. The first-order valence-corrected chi connectivity index (χ1v) is 14.3. The number of nitrogens with one attached hydrogen (secondary N) is 1. The van der Waals surface area contributed by atoms with Crippen LogP contribution in [0.2, 0.25) is 5.02 Å². The van der Waals surface area contributed by atoms with E-state index in [9.17, 15) is 27.9 Å². The number of carboxylic acid groups (broad SMARTS) is 1. The fourth-order valence-electron chi connectivity index (χ4n) is 5.71. The Morgan fingerprint density at radius 3 is 2.43 bits per heavy atom. The van der Waals surface area contributed by atoms with Crippen molar-refractivity contribution < 1.29 is 27.8 Å². The second-order valence-electron chi connectivity index (χ2n) is 10.5. The van der Waals surface area contributed by atoms with Gasteiger partial charge in [0.2, 0.25) is 0 Å². The summed E-state index contributed by atoms with van der Waals surface area (Å²) >= 11 is 6.39. The zero-order valence-electron chi connectivity index (χ0n) is 22.7. The van der Waals surface area contributed by atoms with Crippen molar-refractivity contribution in [3.63, 3.8) is 0 Å². The van der Waals surface area contributed by atoms with Gasteiger partial charge >= 0.3 is 5.97 Å². The summed E-state index contributed by atoms with van der Waals surface area (Å²) in [7, 11) is 0. The maximum absolute atomic E-state index is 14.9. The van der Waals surface area contributed by atoms with Gasteiger partial charge in [-0.05, 0) is 79.8 Å². The quantitative estimate of drug-likeness (QED) is 0.190. The maximum Gasteiger partial charge on any atom is 0.320 e. The summed E-state index contributed by atoms with van der Waals surface area (Å²) in [4.78, 5) is 24.9. The number of aromatic nitrogens is 1. The highest BCUT2D eigenvalue weighted by atomic mass is 35.5. The third kappa shape index (κ3) is 6.32. The SMILES string of the molecule is O=C(O)[C@@H](NCCCOc1cc(-c2ccc(F)cc2Cl)c2ccc(=O)n(-c3c(F)cccc3F)c2c1)C1CCCCC1. The molecule has 0 radical (unpaired) electrons. The second-order valence-corrected chi connectivity index (χ2v) is 10.9. The smallest absolute Gasteiger partial charge is 0.320 e. The number of carboxylic acids is 1. The molecule has 2 N–H and O–H groups in total. The third-order valence-electron chi connectivity index (χ3n) is 7.71. The predicted octanol–water partition coefficient (Wildman–Crippen LogP) is 7.12. The molecule has 1 aromatic heterocycles. The van der Waals surface area contributed by atoms with Crippen LogP contribution in [-0.2, 0) is 4.79 Å². The van der Waals surface area contributed by atoms with Crippen LogP contribution in [0.25, 0.3) is 27.7 Å². The van der Waals surface area contributed by atoms with Gasteiger partial charge in [-0.15, -0.1) is 0 Å². The molecule has 0 bridgehead atoms. The Morgan fingerprint density at radius 2 is 1.74 bits per heavy atom. The van der Waals surface area contributed by atoms with E-state index in [1.165, 1.54) is 36.4 Å². The minimum Gasteiger partial charge on any atom is -0.493 e.